The first-order chi connectivity index (χ1) is 14.4. The smallest absolute Gasteiger partial charge is 0.259 e. The van der Waals surface area contributed by atoms with E-state index >= 15 is 0 Å². The summed E-state index contributed by atoms with van der Waals surface area (Å²) in [5.74, 6) is 0.473. The third-order valence-corrected chi connectivity index (χ3v) is 8.13. The zero-order valence-electron chi connectivity index (χ0n) is 16.9. The number of halogens is 1. The van der Waals surface area contributed by atoms with E-state index in [0.717, 1.165) is 5.56 Å². The van der Waals surface area contributed by atoms with Gasteiger partial charge in [0.1, 0.15) is 0 Å². The van der Waals surface area contributed by atoms with E-state index in [2.05, 4.69) is 4.99 Å². The van der Waals surface area contributed by atoms with Crippen molar-refractivity contribution in [3.8, 4) is 0 Å². The van der Waals surface area contributed by atoms with E-state index in [4.69, 9.17) is 11.6 Å². The van der Waals surface area contributed by atoms with Crippen molar-refractivity contribution in [3.63, 3.8) is 0 Å². The first kappa shape index (κ1) is 22.8. The number of aliphatic imine (C=N–C) groups is 1. The first-order valence-corrected chi connectivity index (χ1v) is 12.5. The summed E-state index contributed by atoms with van der Waals surface area (Å²) in [5, 5.41) is 1.34. The zero-order chi connectivity index (χ0) is 21.7. The van der Waals surface area contributed by atoms with Crippen molar-refractivity contribution in [3.05, 3.63) is 64.7 Å². The standard InChI is InChI=1S/C21H24ClN3O3S2/c1-3-24(4-2)30(27,28)19-10-8-17(9-11-19)20(26)25-13-12-23-21(25)29-15-16-6-5-7-18(22)14-16/h5-11,14H,3-4,12-13,15H2,1-2H3. The Morgan fingerprint density at radius 2 is 1.87 bits per heavy atom. The number of carbonyl (C=O) groups excluding carboxylic acids is 1. The Morgan fingerprint density at radius 3 is 2.50 bits per heavy atom. The van der Waals surface area contributed by atoms with E-state index in [1.165, 1.54) is 28.2 Å². The summed E-state index contributed by atoms with van der Waals surface area (Å²) >= 11 is 7.52. The Kier molecular flexibility index (Phi) is 7.57. The summed E-state index contributed by atoms with van der Waals surface area (Å²) in [4.78, 5) is 19.3. The molecule has 2 aromatic carbocycles. The van der Waals surface area contributed by atoms with Crippen molar-refractivity contribution in [2.24, 2.45) is 4.99 Å². The number of amides is 1. The molecule has 30 heavy (non-hydrogen) atoms. The minimum Gasteiger partial charge on any atom is -0.286 e. The monoisotopic (exact) mass is 465 g/mol. The molecule has 160 valence electrons. The van der Waals surface area contributed by atoms with Crippen LogP contribution >= 0.6 is 23.4 Å². The average molecular weight is 466 g/mol. The molecule has 0 aliphatic carbocycles. The zero-order valence-corrected chi connectivity index (χ0v) is 19.3. The number of amidine groups is 1. The maximum Gasteiger partial charge on any atom is 0.259 e. The maximum atomic E-state index is 13.0. The van der Waals surface area contributed by atoms with Crippen LogP contribution in [0.5, 0.6) is 0 Å². The molecule has 0 fully saturated rings. The second-order valence-corrected chi connectivity index (χ2v) is 9.97. The summed E-state index contributed by atoms with van der Waals surface area (Å²) < 4.78 is 26.6. The minimum atomic E-state index is -3.55. The molecular formula is C21H24ClN3O3S2. The van der Waals surface area contributed by atoms with Crippen LogP contribution in [0.3, 0.4) is 0 Å². The molecule has 0 unspecified atom stereocenters. The maximum absolute atomic E-state index is 13.0. The summed E-state index contributed by atoms with van der Waals surface area (Å²) in [7, 11) is -3.55. The highest BCUT2D eigenvalue weighted by molar-refractivity contribution is 8.13. The molecule has 1 aliphatic heterocycles. The highest BCUT2D eigenvalue weighted by Gasteiger charge is 2.26. The topological polar surface area (TPSA) is 70.1 Å². The van der Waals surface area contributed by atoms with E-state index in [9.17, 15) is 13.2 Å². The van der Waals surface area contributed by atoms with E-state index in [0.29, 0.717) is 47.7 Å². The fraction of sp³-hybridized carbons (Fsp3) is 0.333. The van der Waals surface area contributed by atoms with Crippen molar-refractivity contribution < 1.29 is 13.2 Å². The van der Waals surface area contributed by atoms with E-state index in [1.54, 1.807) is 30.9 Å². The number of hydrogen-bond donors (Lipinski definition) is 0. The molecule has 1 amide bonds. The Bertz CT molecular complexity index is 1040. The van der Waals surface area contributed by atoms with Crippen LogP contribution < -0.4 is 0 Å². The fourth-order valence-corrected chi connectivity index (χ4v) is 5.81. The Labute approximate surface area is 187 Å². The first-order valence-electron chi connectivity index (χ1n) is 9.70. The predicted molar refractivity (Wildman–Crippen MR) is 123 cm³/mol. The molecule has 1 heterocycles. The van der Waals surface area contributed by atoms with Gasteiger partial charge >= 0.3 is 0 Å². The summed E-state index contributed by atoms with van der Waals surface area (Å²) in [6.45, 7) is 5.46. The van der Waals surface area contributed by atoms with Crippen molar-refractivity contribution in [1.29, 1.82) is 0 Å². The Balaban J connectivity index is 1.70. The molecule has 0 N–H and O–H groups in total. The molecule has 2 aromatic rings. The summed E-state index contributed by atoms with van der Waals surface area (Å²) in [6, 6.07) is 13.7. The van der Waals surface area contributed by atoms with Crippen LogP contribution in [0.2, 0.25) is 5.02 Å². The SMILES string of the molecule is CCN(CC)S(=O)(=O)c1ccc(C(=O)N2CCN=C2SCc2cccc(Cl)c2)cc1. The quantitative estimate of drug-likeness (QED) is 0.616. The Hall–Kier alpha value is -1.87. The van der Waals surface area contributed by atoms with Gasteiger partial charge in [0.15, 0.2) is 5.17 Å². The molecule has 0 bridgehead atoms. The molecule has 0 radical (unpaired) electrons. The number of nitrogens with zero attached hydrogens (tertiary/aromatic N) is 3. The third-order valence-electron chi connectivity index (χ3n) is 4.75. The van der Waals surface area contributed by atoms with E-state index in [-0.39, 0.29) is 10.8 Å². The molecule has 3 rings (SSSR count). The summed E-state index contributed by atoms with van der Waals surface area (Å²) in [6.07, 6.45) is 0. The molecule has 0 saturated heterocycles. The molecule has 0 saturated carbocycles. The number of benzene rings is 2. The van der Waals surface area contributed by atoms with Crippen LogP contribution in [-0.2, 0) is 15.8 Å². The van der Waals surface area contributed by atoms with Gasteiger partial charge in [-0.05, 0) is 42.0 Å². The second-order valence-electron chi connectivity index (χ2n) is 6.65. The van der Waals surface area contributed by atoms with Crippen LogP contribution in [0.4, 0.5) is 0 Å². The highest BCUT2D eigenvalue weighted by atomic mass is 35.5. The van der Waals surface area contributed by atoms with Crippen LogP contribution in [0.25, 0.3) is 0 Å². The van der Waals surface area contributed by atoms with Gasteiger partial charge < -0.3 is 0 Å². The van der Waals surface area contributed by atoms with Gasteiger partial charge in [-0.2, -0.15) is 4.31 Å². The van der Waals surface area contributed by atoms with Crippen LogP contribution in [-0.4, -0.2) is 54.9 Å². The van der Waals surface area contributed by atoms with Crippen molar-refractivity contribution in [1.82, 2.24) is 9.21 Å². The van der Waals surface area contributed by atoms with Crippen LogP contribution in [0.1, 0.15) is 29.8 Å². The van der Waals surface area contributed by atoms with Gasteiger partial charge in [0.25, 0.3) is 5.91 Å². The lowest BCUT2D eigenvalue weighted by molar-refractivity contribution is 0.0860. The number of hydrogen-bond acceptors (Lipinski definition) is 5. The van der Waals surface area contributed by atoms with Gasteiger partial charge in [0.05, 0.1) is 11.4 Å². The number of thioether (sulfide) groups is 1. The molecular weight excluding hydrogens is 442 g/mol. The largest absolute Gasteiger partial charge is 0.286 e. The normalized spacial score (nSPS) is 14.3. The molecule has 6 nitrogen and oxygen atoms in total. The third kappa shape index (κ3) is 5.06. The van der Waals surface area contributed by atoms with Crippen molar-refractivity contribution in [2.45, 2.75) is 24.5 Å². The lowest BCUT2D eigenvalue weighted by atomic mass is 10.2. The van der Waals surface area contributed by atoms with Gasteiger partial charge in [-0.3, -0.25) is 14.7 Å². The average Bonchev–Trinajstić information content (AvgIpc) is 3.21. The van der Waals surface area contributed by atoms with Gasteiger partial charge in [-0.15, -0.1) is 0 Å². The molecule has 0 atom stereocenters. The predicted octanol–water partition coefficient (Wildman–Crippen LogP) is 4.12. The Morgan fingerprint density at radius 1 is 1.17 bits per heavy atom. The minimum absolute atomic E-state index is 0.184. The van der Waals surface area contributed by atoms with Crippen molar-refractivity contribution >= 4 is 44.5 Å². The lowest BCUT2D eigenvalue weighted by Gasteiger charge is -2.20. The molecule has 0 aromatic heterocycles. The number of carbonyl (C=O) groups is 1. The summed E-state index contributed by atoms with van der Waals surface area (Å²) in [5.41, 5.74) is 1.49. The number of rotatable bonds is 7. The van der Waals surface area contributed by atoms with E-state index < -0.39 is 10.0 Å². The van der Waals surface area contributed by atoms with Gasteiger partial charge in [0.2, 0.25) is 10.0 Å². The second kappa shape index (κ2) is 9.96. The lowest BCUT2D eigenvalue weighted by Crippen LogP contribution is -2.33. The van der Waals surface area contributed by atoms with Crippen molar-refractivity contribution in [2.75, 3.05) is 26.2 Å². The van der Waals surface area contributed by atoms with E-state index in [1.807, 2.05) is 24.3 Å². The highest BCUT2D eigenvalue weighted by Crippen LogP contribution is 2.23. The van der Waals surface area contributed by atoms with Crippen LogP contribution in [0.15, 0.2) is 58.4 Å². The molecule has 0 spiro atoms. The van der Waals surface area contributed by atoms with Gasteiger partial charge in [-0.1, -0.05) is 49.3 Å². The number of sulfonamides is 1. The molecule has 9 heteroatoms. The van der Waals surface area contributed by atoms with Gasteiger partial charge in [0, 0.05) is 36.0 Å². The molecule has 1 aliphatic rings. The fourth-order valence-electron chi connectivity index (χ4n) is 3.15. The van der Waals surface area contributed by atoms with Crippen LogP contribution in [0, 0.1) is 0 Å². The van der Waals surface area contributed by atoms with Gasteiger partial charge in [-0.25, -0.2) is 8.42 Å².